The Morgan fingerprint density at radius 1 is 0.893 bits per heavy atom. The van der Waals surface area contributed by atoms with Crippen LogP contribution in [0.3, 0.4) is 0 Å². The van der Waals surface area contributed by atoms with E-state index in [4.69, 9.17) is 0 Å². The maximum atomic E-state index is 13.1. The maximum Gasteiger partial charge on any atom is 0.262 e. The smallest absolute Gasteiger partial charge is 0.262 e. The number of nitrogens with one attached hydrogen (secondary N) is 1. The van der Waals surface area contributed by atoms with E-state index in [1.807, 2.05) is 39.8 Å². The van der Waals surface area contributed by atoms with E-state index in [1.165, 1.54) is 10.6 Å². The molecule has 1 heterocycles. The normalized spacial score (nSPS) is 15.3. The molecule has 2 aromatic carbocycles. The van der Waals surface area contributed by atoms with Gasteiger partial charge in [-0.05, 0) is 79.6 Å². The summed E-state index contributed by atoms with van der Waals surface area (Å²) in [6.45, 7) is 8.13. The van der Waals surface area contributed by atoms with E-state index >= 15 is 0 Å². The molecule has 3 rings (SSSR count). The molecule has 1 N–H and O–H groups in total. The fourth-order valence-electron chi connectivity index (χ4n) is 3.67. The van der Waals surface area contributed by atoms with Gasteiger partial charge < -0.3 is 0 Å². The third-order valence-electron chi connectivity index (χ3n) is 5.47. The van der Waals surface area contributed by atoms with Crippen molar-refractivity contribution in [2.45, 2.75) is 45.6 Å². The number of hydrogen-bond donors (Lipinski definition) is 1. The Morgan fingerprint density at radius 2 is 1.50 bits per heavy atom. The SMILES string of the molecule is Cc1cc(C)c(C)c(S(=O)(=O)Nc2ccc3c(c2)CN(S(C)(=O)=O)CC3)c1C. The lowest BCUT2D eigenvalue weighted by Crippen LogP contribution is -2.35. The number of anilines is 1. The third-order valence-corrected chi connectivity index (χ3v) is 8.37. The van der Waals surface area contributed by atoms with Crippen LogP contribution in [0.1, 0.15) is 33.4 Å². The summed E-state index contributed by atoms with van der Waals surface area (Å²) in [5.41, 5.74) is 5.63. The zero-order valence-corrected chi connectivity index (χ0v) is 18.5. The highest BCUT2D eigenvalue weighted by atomic mass is 32.2. The van der Waals surface area contributed by atoms with Crippen molar-refractivity contribution < 1.29 is 16.8 Å². The molecule has 2 aromatic rings. The van der Waals surface area contributed by atoms with Crippen molar-refractivity contribution in [3.8, 4) is 0 Å². The molecule has 0 radical (unpaired) electrons. The largest absolute Gasteiger partial charge is 0.280 e. The van der Waals surface area contributed by atoms with Gasteiger partial charge in [0, 0.05) is 18.8 Å². The molecule has 152 valence electrons. The van der Waals surface area contributed by atoms with Gasteiger partial charge in [-0.1, -0.05) is 12.1 Å². The van der Waals surface area contributed by atoms with Crippen molar-refractivity contribution >= 4 is 25.7 Å². The lowest BCUT2D eigenvalue weighted by Gasteiger charge is -2.27. The van der Waals surface area contributed by atoms with E-state index in [-0.39, 0.29) is 6.54 Å². The van der Waals surface area contributed by atoms with Crippen LogP contribution in [0, 0.1) is 27.7 Å². The number of nitrogens with zero attached hydrogens (tertiary/aromatic N) is 1. The summed E-state index contributed by atoms with van der Waals surface area (Å²) in [7, 11) is -7.06. The molecule has 0 amide bonds. The summed E-state index contributed by atoms with van der Waals surface area (Å²) in [4.78, 5) is 0.306. The predicted octanol–water partition coefficient (Wildman–Crippen LogP) is 3.04. The summed E-state index contributed by atoms with van der Waals surface area (Å²) in [6.07, 6.45) is 1.81. The topological polar surface area (TPSA) is 83.6 Å². The number of hydrogen-bond acceptors (Lipinski definition) is 4. The minimum absolute atomic E-state index is 0.255. The second-order valence-electron chi connectivity index (χ2n) is 7.53. The average molecular weight is 423 g/mol. The van der Waals surface area contributed by atoms with E-state index in [0.29, 0.717) is 23.5 Å². The van der Waals surface area contributed by atoms with Crippen LogP contribution in [-0.4, -0.2) is 33.9 Å². The molecule has 0 saturated heterocycles. The fraction of sp³-hybridized carbons (Fsp3) is 0.400. The highest BCUT2D eigenvalue weighted by molar-refractivity contribution is 7.92. The number of fused-ring (bicyclic) bond motifs is 1. The predicted molar refractivity (Wildman–Crippen MR) is 112 cm³/mol. The molecule has 28 heavy (non-hydrogen) atoms. The van der Waals surface area contributed by atoms with Gasteiger partial charge in [0.25, 0.3) is 10.0 Å². The van der Waals surface area contributed by atoms with Gasteiger partial charge in [0.05, 0.1) is 11.2 Å². The van der Waals surface area contributed by atoms with E-state index in [0.717, 1.165) is 33.4 Å². The summed E-state index contributed by atoms with van der Waals surface area (Å²) >= 11 is 0. The first-order chi connectivity index (χ1) is 12.9. The Labute approximate surface area is 167 Å². The van der Waals surface area contributed by atoms with Crippen molar-refractivity contribution in [1.82, 2.24) is 4.31 Å². The summed E-state index contributed by atoms with van der Waals surface area (Å²) in [6, 6.07) is 7.33. The summed E-state index contributed by atoms with van der Waals surface area (Å²) in [5, 5.41) is 0. The molecule has 0 aromatic heterocycles. The van der Waals surface area contributed by atoms with Crippen LogP contribution >= 0.6 is 0 Å². The number of sulfonamides is 2. The van der Waals surface area contributed by atoms with Crippen LogP contribution in [0.15, 0.2) is 29.2 Å². The summed E-state index contributed by atoms with van der Waals surface area (Å²) < 4.78 is 54.0. The van der Waals surface area contributed by atoms with Gasteiger partial charge in [-0.25, -0.2) is 16.8 Å². The second-order valence-corrected chi connectivity index (χ2v) is 11.1. The van der Waals surface area contributed by atoms with Crippen LogP contribution in [0.2, 0.25) is 0 Å². The van der Waals surface area contributed by atoms with Crippen molar-refractivity contribution in [3.05, 3.63) is 57.6 Å². The molecule has 0 unspecified atom stereocenters. The Balaban J connectivity index is 1.97. The molecule has 0 spiro atoms. The Morgan fingerprint density at radius 3 is 2.07 bits per heavy atom. The van der Waals surface area contributed by atoms with E-state index in [9.17, 15) is 16.8 Å². The second kappa shape index (κ2) is 7.17. The standard InChI is InChI=1S/C20H26N2O4S2/c1-13-10-14(2)16(4)20(15(13)3)28(25,26)21-19-7-6-17-8-9-22(27(5,23)24)12-18(17)11-19/h6-7,10-11,21H,8-9,12H2,1-5H3. The molecule has 1 aliphatic rings. The quantitative estimate of drug-likeness (QED) is 0.821. The Hall–Kier alpha value is -1.90. The van der Waals surface area contributed by atoms with E-state index in [1.54, 1.807) is 12.1 Å². The zero-order chi connectivity index (χ0) is 20.9. The first kappa shape index (κ1) is 20.8. The van der Waals surface area contributed by atoms with Gasteiger partial charge in [-0.3, -0.25) is 4.72 Å². The highest BCUT2D eigenvalue weighted by Crippen LogP contribution is 2.29. The molecule has 6 nitrogen and oxygen atoms in total. The fourth-order valence-corrected chi connectivity index (χ4v) is 6.13. The first-order valence-electron chi connectivity index (χ1n) is 9.07. The van der Waals surface area contributed by atoms with E-state index < -0.39 is 20.0 Å². The molecule has 0 saturated carbocycles. The van der Waals surface area contributed by atoms with Crippen LogP contribution in [-0.2, 0) is 33.0 Å². The van der Waals surface area contributed by atoms with Gasteiger partial charge in [0.2, 0.25) is 10.0 Å². The van der Waals surface area contributed by atoms with E-state index in [2.05, 4.69) is 4.72 Å². The van der Waals surface area contributed by atoms with Crippen molar-refractivity contribution in [1.29, 1.82) is 0 Å². The van der Waals surface area contributed by atoms with Gasteiger partial charge in [-0.15, -0.1) is 0 Å². The van der Waals surface area contributed by atoms with Gasteiger partial charge in [0.15, 0.2) is 0 Å². The molecular weight excluding hydrogens is 396 g/mol. The Bertz CT molecular complexity index is 1130. The van der Waals surface area contributed by atoms with Crippen LogP contribution < -0.4 is 4.72 Å². The van der Waals surface area contributed by atoms with Gasteiger partial charge >= 0.3 is 0 Å². The number of aryl methyl sites for hydroxylation is 2. The monoisotopic (exact) mass is 422 g/mol. The molecule has 1 aliphatic heterocycles. The van der Waals surface area contributed by atoms with Gasteiger partial charge in [-0.2, -0.15) is 4.31 Å². The van der Waals surface area contributed by atoms with Gasteiger partial charge in [0.1, 0.15) is 0 Å². The molecule has 0 fully saturated rings. The Kier molecular flexibility index (Phi) is 5.33. The minimum atomic E-state index is -3.77. The summed E-state index contributed by atoms with van der Waals surface area (Å²) in [5.74, 6) is 0. The zero-order valence-electron chi connectivity index (χ0n) is 16.8. The maximum absolute atomic E-state index is 13.1. The van der Waals surface area contributed by atoms with Crippen LogP contribution in [0.4, 0.5) is 5.69 Å². The minimum Gasteiger partial charge on any atom is -0.280 e. The molecule has 8 heteroatoms. The van der Waals surface area contributed by atoms with Crippen molar-refractivity contribution in [2.75, 3.05) is 17.5 Å². The van der Waals surface area contributed by atoms with Crippen molar-refractivity contribution in [3.63, 3.8) is 0 Å². The molecule has 0 bridgehead atoms. The lowest BCUT2D eigenvalue weighted by atomic mass is 10.0. The van der Waals surface area contributed by atoms with Crippen LogP contribution in [0.25, 0.3) is 0 Å². The highest BCUT2D eigenvalue weighted by Gasteiger charge is 2.25. The van der Waals surface area contributed by atoms with Crippen LogP contribution in [0.5, 0.6) is 0 Å². The first-order valence-corrected chi connectivity index (χ1v) is 12.4. The third kappa shape index (κ3) is 3.94. The molecule has 0 atom stereocenters. The molecular formula is C20H26N2O4S2. The average Bonchev–Trinajstić information content (AvgIpc) is 2.58. The lowest BCUT2D eigenvalue weighted by molar-refractivity contribution is 0.395. The van der Waals surface area contributed by atoms with Crippen molar-refractivity contribution in [2.24, 2.45) is 0 Å². The number of rotatable bonds is 4. The number of benzene rings is 2. The molecule has 0 aliphatic carbocycles.